The molecule has 5 N–H and O–H groups in total. The number of aryl methyl sites for hydroxylation is 1. The predicted octanol–water partition coefficient (Wildman–Crippen LogP) is 3.28. The Morgan fingerprint density at radius 1 is 1.17 bits per heavy atom. The lowest BCUT2D eigenvalue weighted by atomic mass is 10.0. The fourth-order valence-corrected chi connectivity index (χ4v) is 5.24. The zero-order valence-electron chi connectivity index (χ0n) is 17.8. The van der Waals surface area contributed by atoms with Crippen molar-refractivity contribution in [3.05, 3.63) is 35.9 Å². The summed E-state index contributed by atoms with van der Waals surface area (Å²) >= 11 is 0. The number of hydrogen-bond acceptors (Lipinski definition) is 5. The highest BCUT2D eigenvalue weighted by atomic mass is 31.2. The summed E-state index contributed by atoms with van der Waals surface area (Å²) in [4.78, 5) is 34.7. The molecule has 9 heteroatoms. The number of carbonyl (C=O) groups is 2. The van der Waals surface area contributed by atoms with E-state index in [0.717, 1.165) is 5.56 Å². The van der Waals surface area contributed by atoms with Gasteiger partial charge in [-0.15, -0.1) is 0 Å². The van der Waals surface area contributed by atoms with E-state index in [0.29, 0.717) is 38.6 Å². The smallest absolute Gasteiger partial charge is 0.351 e. The summed E-state index contributed by atoms with van der Waals surface area (Å²) in [6.07, 6.45) is 1.44. The summed E-state index contributed by atoms with van der Waals surface area (Å²) in [5, 5.41) is 12.0. The molecule has 2 unspecified atom stereocenters. The first-order valence-electron chi connectivity index (χ1n) is 10.5. The van der Waals surface area contributed by atoms with Crippen molar-refractivity contribution in [2.75, 3.05) is 6.54 Å². The minimum Gasteiger partial charge on any atom is -0.479 e. The summed E-state index contributed by atoms with van der Waals surface area (Å²) in [5.41, 5.74) is 6.41. The minimum atomic E-state index is -4.44. The van der Waals surface area contributed by atoms with Crippen molar-refractivity contribution >= 4 is 19.5 Å². The fourth-order valence-electron chi connectivity index (χ4n) is 3.28. The molecule has 0 fully saturated rings. The number of rotatable bonds is 15. The van der Waals surface area contributed by atoms with Gasteiger partial charge in [-0.2, -0.15) is 0 Å². The van der Waals surface area contributed by atoms with E-state index in [1.807, 2.05) is 44.2 Å². The van der Waals surface area contributed by atoms with Crippen LogP contribution in [-0.2, 0) is 25.1 Å². The van der Waals surface area contributed by atoms with E-state index in [9.17, 15) is 24.2 Å². The molecule has 0 aromatic heterocycles. The van der Waals surface area contributed by atoms with Gasteiger partial charge in [0.1, 0.15) is 5.78 Å². The number of carboxylic acids is 1. The van der Waals surface area contributed by atoms with Crippen LogP contribution in [0.3, 0.4) is 0 Å². The van der Waals surface area contributed by atoms with Crippen molar-refractivity contribution < 1.29 is 28.7 Å². The lowest BCUT2D eigenvalue weighted by Crippen LogP contribution is -2.41. The summed E-state index contributed by atoms with van der Waals surface area (Å²) in [6.45, 7) is 4.11. The molecule has 0 aliphatic carbocycles. The van der Waals surface area contributed by atoms with Crippen LogP contribution in [0.4, 0.5) is 0 Å². The van der Waals surface area contributed by atoms with Crippen molar-refractivity contribution in [1.29, 1.82) is 0 Å². The lowest BCUT2D eigenvalue weighted by Gasteiger charge is -2.31. The maximum atomic E-state index is 13.1. The largest absolute Gasteiger partial charge is 0.479 e. The molecule has 1 rings (SSSR count). The first-order chi connectivity index (χ1) is 14.2. The Kier molecular flexibility index (Phi) is 11.9. The number of unbranched alkanes of at least 4 members (excludes halogenated alkanes) is 1. The zero-order chi connectivity index (χ0) is 22.6. The van der Waals surface area contributed by atoms with E-state index in [1.165, 1.54) is 0 Å². The number of carbonyl (C=O) groups excluding carboxylic acids is 1. The quantitative estimate of drug-likeness (QED) is 0.241. The highest BCUT2D eigenvalue weighted by molar-refractivity contribution is 7.53. The molecule has 0 spiro atoms. The van der Waals surface area contributed by atoms with Gasteiger partial charge in [0, 0.05) is 6.42 Å². The second-order valence-electron chi connectivity index (χ2n) is 7.36. The van der Waals surface area contributed by atoms with Crippen molar-refractivity contribution in [2.45, 2.75) is 70.7 Å². The number of nitrogens with two attached hydrogens (primary N) is 1. The maximum Gasteiger partial charge on any atom is 0.351 e. The van der Waals surface area contributed by atoms with Gasteiger partial charge in [-0.3, -0.25) is 13.9 Å². The van der Waals surface area contributed by atoms with Crippen LogP contribution in [0.15, 0.2) is 30.3 Å². The van der Waals surface area contributed by atoms with E-state index >= 15 is 0 Å². The predicted molar refractivity (Wildman–Crippen MR) is 116 cm³/mol. The molecule has 1 amide bonds. The first-order valence-corrected chi connectivity index (χ1v) is 12.2. The summed E-state index contributed by atoms with van der Waals surface area (Å²) < 4.78 is 18.3. The molecule has 0 saturated carbocycles. The summed E-state index contributed by atoms with van der Waals surface area (Å²) in [7, 11) is -4.44. The third-order valence-corrected chi connectivity index (χ3v) is 6.92. The Morgan fingerprint density at radius 2 is 1.80 bits per heavy atom. The van der Waals surface area contributed by atoms with Gasteiger partial charge in [0.25, 0.3) is 0 Å². The molecule has 1 aromatic rings. The van der Waals surface area contributed by atoms with Gasteiger partial charge in [0.15, 0.2) is 6.10 Å². The van der Waals surface area contributed by atoms with E-state index in [-0.39, 0.29) is 24.7 Å². The molecule has 0 aliphatic rings. The Balaban J connectivity index is 2.88. The molecule has 0 radical (unpaired) electrons. The van der Waals surface area contributed by atoms with E-state index < -0.39 is 25.5 Å². The third-order valence-electron chi connectivity index (χ3n) is 5.11. The van der Waals surface area contributed by atoms with Crippen LogP contribution in [-0.4, -0.2) is 40.3 Å². The minimum absolute atomic E-state index is 0.0780. The van der Waals surface area contributed by atoms with Crippen molar-refractivity contribution in [1.82, 2.24) is 5.32 Å². The number of benzene rings is 1. The van der Waals surface area contributed by atoms with Crippen LogP contribution in [0.1, 0.15) is 57.9 Å². The Hall–Kier alpha value is -1.73. The van der Waals surface area contributed by atoms with Crippen LogP contribution in [0.25, 0.3) is 0 Å². The Bertz CT molecular complexity index is 696. The molecular weight excluding hydrogens is 407 g/mol. The molecule has 0 saturated heterocycles. The average molecular weight is 442 g/mol. The Morgan fingerprint density at radius 3 is 2.33 bits per heavy atom. The van der Waals surface area contributed by atoms with Crippen molar-refractivity contribution in [2.24, 2.45) is 11.7 Å². The SMILES string of the molecule is CCC(CC)C(NC(=O)CCc1ccccc1)P(=O)(O)O[C@@H](CCCCN)C(=O)O. The average Bonchev–Trinajstić information content (AvgIpc) is 2.72. The van der Waals surface area contributed by atoms with Gasteiger partial charge in [0.2, 0.25) is 5.91 Å². The van der Waals surface area contributed by atoms with Gasteiger partial charge in [-0.1, -0.05) is 57.0 Å². The highest BCUT2D eigenvalue weighted by Gasteiger charge is 2.41. The van der Waals surface area contributed by atoms with Crippen molar-refractivity contribution in [3.63, 3.8) is 0 Å². The van der Waals surface area contributed by atoms with E-state index in [2.05, 4.69) is 5.32 Å². The first kappa shape index (κ1) is 26.3. The number of carboxylic acid groups (broad SMARTS) is 1. The third kappa shape index (κ3) is 8.96. The molecule has 0 bridgehead atoms. The van der Waals surface area contributed by atoms with Crippen molar-refractivity contribution in [3.8, 4) is 0 Å². The van der Waals surface area contributed by atoms with Crippen LogP contribution < -0.4 is 11.1 Å². The highest BCUT2D eigenvalue weighted by Crippen LogP contribution is 2.52. The number of hydrogen-bond donors (Lipinski definition) is 4. The summed E-state index contributed by atoms with van der Waals surface area (Å²) in [6, 6.07) is 9.47. The number of aliphatic carboxylic acids is 1. The summed E-state index contributed by atoms with van der Waals surface area (Å²) in [5.74, 6) is -3.16. The van der Waals surface area contributed by atoms with Gasteiger partial charge < -0.3 is 21.1 Å². The molecule has 170 valence electrons. The molecule has 0 aliphatic heterocycles. The van der Waals surface area contributed by atoms with E-state index in [4.69, 9.17) is 10.3 Å². The monoisotopic (exact) mass is 442 g/mol. The number of amides is 1. The van der Waals surface area contributed by atoms with Gasteiger partial charge in [0.05, 0.1) is 0 Å². The van der Waals surface area contributed by atoms with Crippen LogP contribution in [0, 0.1) is 5.92 Å². The van der Waals surface area contributed by atoms with Crippen LogP contribution in [0.5, 0.6) is 0 Å². The molecule has 1 aromatic carbocycles. The van der Waals surface area contributed by atoms with Gasteiger partial charge >= 0.3 is 13.6 Å². The maximum absolute atomic E-state index is 13.1. The standard InChI is InChI=1S/C21H35N2O6P/c1-3-17(4-2)20(23-19(24)14-13-16-10-6-5-7-11-16)30(27,28)29-18(21(25)26)12-8-9-15-22/h5-7,10-11,17-18,20H,3-4,8-9,12-15,22H2,1-2H3,(H,23,24)(H,25,26)(H,27,28)/t18-,20?/m0/s1. The number of nitrogens with one attached hydrogen (secondary N) is 1. The molecular formula is C21H35N2O6P. The molecule has 8 nitrogen and oxygen atoms in total. The second-order valence-corrected chi connectivity index (χ2v) is 9.25. The van der Waals surface area contributed by atoms with Crippen LogP contribution >= 0.6 is 7.60 Å². The Labute approximate surface area is 178 Å². The lowest BCUT2D eigenvalue weighted by molar-refractivity contribution is -0.145. The zero-order valence-corrected chi connectivity index (χ0v) is 18.7. The van der Waals surface area contributed by atoms with E-state index in [1.54, 1.807) is 0 Å². The van der Waals surface area contributed by atoms with Gasteiger partial charge in [-0.05, 0) is 43.7 Å². The topological polar surface area (TPSA) is 139 Å². The molecule has 3 atom stereocenters. The van der Waals surface area contributed by atoms with Crippen LogP contribution in [0.2, 0.25) is 0 Å². The normalized spacial score (nSPS) is 15.4. The second kappa shape index (κ2) is 13.5. The van der Waals surface area contributed by atoms with Gasteiger partial charge in [-0.25, -0.2) is 4.79 Å². The fraction of sp³-hybridized carbons (Fsp3) is 0.619. The molecule has 30 heavy (non-hydrogen) atoms. The molecule has 0 heterocycles.